The number of imide groups is 2. The van der Waals surface area contributed by atoms with Crippen LogP contribution >= 0.6 is 0 Å². The number of rotatable bonds is 1. The highest BCUT2D eigenvalue weighted by Gasteiger charge is 2.26. The first kappa shape index (κ1) is 8.45. The van der Waals surface area contributed by atoms with Crippen molar-refractivity contribution < 1.29 is 14.4 Å². The molecule has 1 heterocycles. The van der Waals surface area contributed by atoms with Crippen molar-refractivity contribution in [1.82, 2.24) is 10.6 Å². The molecule has 0 aromatic rings. The van der Waals surface area contributed by atoms with E-state index in [2.05, 4.69) is 0 Å². The molecule has 2 N–H and O–H groups in total. The van der Waals surface area contributed by atoms with Crippen LogP contribution in [-0.4, -0.2) is 17.8 Å². The average Bonchev–Trinajstić information content (AvgIpc) is 1.96. The van der Waals surface area contributed by atoms with Gasteiger partial charge in [-0.25, -0.2) is 4.79 Å². The lowest BCUT2D eigenvalue weighted by Gasteiger charge is -2.13. The summed E-state index contributed by atoms with van der Waals surface area (Å²) in [5, 5.41) is 3.93. The number of carbonyl (C=O) groups is 3. The molecule has 1 saturated heterocycles. The molecule has 1 aliphatic rings. The number of amides is 4. The van der Waals surface area contributed by atoms with Gasteiger partial charge in [-0.3, -0.25) is 20.2 Å². The van der Waals surface area contributed by atoms with Crippen LogP contribution in [0.1, 0.15) is 13.3 Å². The van der Waals surface area contributed by atoms with E-state index < -0.39 is 17.8 Å². The summed E-state index contributed by atoms with van der Waals surface area (Å²) in [5.41, 5.74) is -0.00269. The second kappa shape index (κ2) is 3.17. The quantitative estimate of drug-likeness (QED) is 0.416. The molecule has 0 bridgehead atoms. The lowest BCUT2D eigenvalue weighted by Crippen LogP contribution is -2.51. The van der Waals surface area contributed by atoms with E-state index in [1.54, 1.807) is 6.92 Å². The van der Waals surface area contributed by atoms with Crippen molar-refractivity contribution in [2.24, 2.45) is 0 Å². The van der Waals surface area contributed by atoms with Crippen molar-refractivity contribution in [2.45, 2.75) is 13.3 Å². The first-order chi connectivity index (χ1) is 5.65. The van der Waals surface area contributed by atoms with Crippen molar-refractivity contribution in [3.05, 3.63) is 11.6 Å². The zero-order valence-corrected chi connectivity index (χ0v) is 6.51. The molecule has 0 radical (unpaired) electrons. The number of hydrogen-bond acceptors (Lipinski definition) is 3. The van der Waals surface area contributed by atoms with Gasteiger partial charge < -0.3 is 0 Å². The Kier molecular flexibility index (Phi) is 2.23. The third kappa shape index (κ3) is 1.50. The van der Waals surface area contributed by atoms with Gasteiger partial charge in [0.05, 0.1) is 0 Å². The van der Waals surface area contributed by atoms with E-state index >= 15 is 0 Å². The van der Waals surface area contributed by atoms with E-state index in [1.165, 1.54) is 6.08 Å². The van der Waals surface area contributed by atoms with Crippen LogP contribution in [0.25, 0.3) is 0 Å². The highest BCUT2D eigenvalue weighted by molar-refractivity contribution is 6.28. The van der Waals surface area contributed by atoms with Crippen LogP contribution in [-0.2, 0) is 9.59 Å². The van der Waals surface area contributed by atoms with Gasteiger partial charge in [0.2, 0.25) is 0 Å². The van der Waals surface area contributed by atoms with Crippen LogP contribution in [0.4, 0.5) is 4.79 Å². The number of hydrogen-bond donors (Lipinski definition) is 2. The summed E-state index contributed by atoms with van der Waals surface area (Å²) < 4.78 is 0. The summed E-state index contributed by atoms with van der Waals surface area (Å²) in [4.78, 5) is 32.4. The van der Waals surface area contributed by atoms with Crippen LogP contribution in [0.5, 0.6) is 0 Å². The molecule has 1 fully saturated rings. The normalized spacial score (nSPS) is 17.1. The molecule has 5 heteroatoms. The molecule has 1 rings (SSSR count). The highest BCUT2D eigenvalue weighted by atomic mass is 16.2. The first-order valence-electron chi connectivity index (χ1n) is 3.52. The minimum absolute atomic E-state index is 0.00269. The Morgan fingerprint density at radius 2 is 1.67 bits per heavy atom. The van der Waals surface area contributed by atoms with Crippen LogP contribution in [0.15, 0.2) is 11.6 Å². The number of allylic oxidation sites excluding steroid dienone is 1. The van der Waals surface area contributed by atoms with Crippen molar-refractivity contribution >= 4 is 17.8 Å². The molecule has 12 heavy (non-hydrogen) atoms. The van der Waals surface area contributed by atoms with Crippen LogP contribution in [0.2, 0.25) is 0 Å². The molecule has 64 valence electrons. The molecule has 0 saturated carbocycles. The Bertz CT molecular complexity index is 258. The van der Waals surface area contributed by atoms with Gasteiger partial charge in [-0.1, -0.05) is 13.0 Å². The third-order valence-electron chi connectivity index (χ3n) is 1.35. The van der Waals surface area contributed by atoms with Gasteiger partial charge in [0, 0.05) is 0 Å². The summed E-state index contributed by atoms with van der Waals surface area (Å²) in [5.74, 6) is -1.27. The minimum atomic E-state index is -0.766. The third-order valence-corrected chi connectivity index (χ3v) is 1.35. The van der Waals surface area contributed by atoms with E-state index in [0.29, 0.717) is 6.42 Å². The molecule has 0 unspecified atom stereocenters. The molecule has 4 amide bonds. The van der Waals surface area contributed by atoms with E-state index in [9.17, 15) is 14.4 Å². The largest absolute Gasteiger partial charge is 0.328 e. The van der Waals surface area contributed by atoms with Crippen molar-refractivity contribution in [3.63, 3.8) is 0 Å². The minimum Gasteiger partial charge on any atom is -0.273 e. The van der Waals surface area contributed by atoms with Crippen molar-refractivity contribution in [3.8, 4) is 0 Å². The summed E-state index contributed by atoms with van der Waals surface area (Å²) in [6.45, 7) is 1.80. The zero-order valence-electron chi connectivity index (χ0n) is 6.51. The van der Waals surface area contributed by atoms with Gasteiger partial charge in [-0.05, 0) is 6.42 Å². The van der Waals surface area contributed by atoms with Gasteiger partial charge in [0.1, 0.15) is 5.57 Å². The molecule has 0 aromatic carbocycles. The van der Waals surface area contributed by atoms with E-state index in [1.807, 2.05) is 10.6 Å². The Morgan fingerprint density at radius 1 is 1.17 bits per heavy atom. The number of urea groups is 1. The maximum atomic E-state index is 10.9. The predicted octanol–water partition coefficient (Wildman–Crippen LogP) is -0.311. The van der Waals surface area contributed by atoms with Crippen LogP contribution in [0, 0.1) is 0 Å². The number of nitrogens with one attached hydrogen (secondary N) is 2. The van der Waals surface area contributed by atoms with Gasteiger partial charge in [-0.15, -0.1) is 0 Å². The fourth-order valence-electron chi connectivity index (χ4n) is 0.865. The fourth-order valence-corrected chi connectivity index (χ4v) is 0.865. The summed E-state index contributed by atoms with van der Waals surface area (Å²) >= 11 is 0. The SMILES string of the molecule is CCC=C1C(=O)NC(=O)NC1=O. The maximum absolute atomic E-state index is 10.9. The van der Waals surface area contributed by atoms with Crippen molar-refractivity contribution in [2.75, 3.05) is 0 Å². The fraction of sp³-hybridized carbons (Fsp3) is 0.286. The first-order valence-corrected chi connectivity index (χ1v) is 3.52. The van der Waals surface area contributed by atoms with Crippen LogP contribution in [0.3, 0.4) is 0 Å². The van der Waals surface area contributed by atoms with Gasteiger partial charge >= 0.3 is 6.03 Å². The van der Waals surface area contributed by atoms with E-state index in [4.69, 9.17) is 0 Å². The predicted molar refractivity (Wildman–Crippen MR) is 40.1 cm³/mol. The van der Waals surface area contributed by atoms with E-state index in [-0.39, 0.29) is 5.57 Å². The molecule has 0 aliphatic carbocycles. The summed E-state index contributed by atoms with van der Waals surface area (Å²) in [6.07, 6.45) is 2.04. The summed E-state index contributed by atoms with van der Waals surface area (Å²) in [7, 11) is 0. The Labute approximate surface area is 68.8 Å². The molecule has 0 atom stereocenters. The van der Waals surface area contributed by atoms with Crippen molar-refractivity contribution in [1.29, 1.82) is 0 Å². The monoisotopic (exact) mass is 168 g/mol. The summed E-state index contributed by atoms with van der Waals surface area (Å²) in [6, 6.07) is -0.766. The lowest BCUT2D eigenvalue weighted by atomic mass is 10.1. The number of carbonyl (C=O) groups excluding carboxylic acids is 3. The average molecular weight is 168 g/mol. The smallest absolute Gasteiger partial charge is 0.273 e. The molecule has 1 aliphatic heterocycles. The molecule has 5 nitrogen and oxygen atoms in total. The second-order valence-electron chi connectivity index (χ2n) is 2.26. The molecular formula is C7H8N2O3. The Morgan fingerprint density at radius 3 is 2.08 bits per heavy atom. The zero-order chi connectivity index (χ0) is 9.14. The van der Waals surface area contributed by atoms with E-state index in [0.717, 1.165) is 0 Å². The topological polar surface area (TPSA) is 75.3 Å². The highest BCUT2D eigenvalue weighted by Crippen LogP contribution is 2.00. The Balaban J connectivity index is 2.88. The van der Waals surface area contributed by atoms with Gasteiger partial charge in [0.15, 0.2) is 0 Å². The van der Waals surface area contributed by atoms with Crippen LogP contribution < -0.4 is 10.6 Å². The molecular weight excluding hydrogens is 160 g/mol. The standard InChI is InChI=1S/C7H8N2O3/c1-2-3-4-5(10)8-7(12)9-6(4)11/h3H,2H2,1H3,(H2,8,9,10,11,12). The van der Waals surface area contributed by atoms with Gasteiger partial charge in [0.25, 0.3) is 11.8 Å². The number of barbiturate groups is 1. The maximum Gasteiger partial charge on any atom is 0.328 e. The molecule has 0 aromatic heterocycles. The lowest BCUT2D eigenvalue weighted by molar-refractivity contribution is -0.124. The Hall–Kier alpha value is -1.65. The molecule has 0 spiro atoms. The van der Waals surface area contributed by atoms with Gasteiger partial charge in [-0.2, -0.15) is 0 Å². The second-order valence-corrected chi connectivity index (χ2v) is 2.26.